The zero-order valence-electron chi connectivity index (χ0n) is 12.3. The van der Waals surface area contributed by atoms with Crippen LogP contribution in [0.1, 0.15) is 27.7 Å². The van der Waals surface area contributed by atoms with E-state index in [1.807, 2.05) is 22.6 Å². The van der Waals surface area contributed by atoms with Crippen molar-refractivity contribution < 1.29 is 23.9 Å². The van der Waals surface area contributed by atoms with Gasteiger partial charge in [-0.1, -0.05) is 22.6 Å². The number of alkyl carbamates (subject to hydrolysis) is 1. The van der Waals surface area contributed by atoms with Crippen LogP contribution in [0.5, 0.6) is 0 Å². The Morgan fingerprint density at radius 3 is 2.15 bits per heavy atom. The van der Waals surface area contributed by atoms with Crippen LogP contribution in [0.2, 0.25) is 0 Å². The number of carbonyl (C=O) groups is 3. The summed E-state index contributed by atoms with van der Waals surface area (Å²) in [6, 6.07) is -1.56. The van der Waals surface area contributed by atoms with Crippen LogP contribution in [-0.4, -0.2) is 47.2 Å². The van der Waals surface area contributed by atoms with Crippen LogP contribution < -0.4 is 10.6 Å². The van der Waals surface area contributed by atoms with Gasteiger partial charge in [0, 0.05) is 4.43 Å². The van der Waals surface area contributed by atoms with E-state index in [1.54, 1.807) is 20.8 Å². The third-order valence-corrected chi connectivity index (χ3v) is 2.96. The summed E-state index contributed by atoms with van der Waals surface area (Å²) < 4.78 is 9.92. The maximum absolute atomic E-state index is 11.9. The number of methoxy groups -OCH3 is 1. The monoisotopic (exact) mass is 400 g/mol. The van der Waals surface area contributed by atoms with Gasteiger partial charge in [-0.05, 0) is 27.7 Å². The van der Waals surface area contributed by atoms with Crippen LogP contribution >= 0.6 is 22.6 Å². The van der Waals surface area contributed by atoms with Crippen molar-refractivity contribution in [3.05, 3.63) is 0 Å². The molecule has 0 bridgehead atoms. The van der Waals surface area contributed by atoms with E-state index in [-0.39, 0.29) is 0 Å². The van der Waals surface area contributed by atoms with Crippen molar-refractivity contribution in [2.24, 2.45) is 0 Å². The van der Waals surface area contributed by atoms with E-state index in [4.69, 9.17) is 4.74 Å². The van der Waals surface area contributed by atoms with Crippen molar-refractivity contribution in [3.8, 4) is 0 Å². The number of carbonyl (C=O) groups excluding carboxylic acids is 3. The number of alkyl halides is 1. The van der Waals surface area contributed by atoms with Gasteiger partial charge >= 0.3 is 12.1 Å². The van der Waals surface area contributed by atoms with Gasteiger partial charge in [-0.3, -0.25) is 4.79 Å². The summed E-state index contributed by atoms with van der Waals surface area (Å²) in [6.07, 6.45) is -0.681. The van der Waals surface area contributed by atoms with Crippen molar-refractivity contribution in [1.29, 1.82) is 0 Å². The first-order valence-electron chi connectivity index (χ1n) is 6.04. The average Bonchev–Trinajstić information content (AvgIpc) is 2.32. The lowest BCUT2D eigenvalue weighted by Gasteiger charge is -2.23. The van der Waals surface area contributed by atoms with Gasteiger partial charge in [-0.25, -0.2) is 9.59 Å². The Balaban J connectivity index is 4.49. The number of nitrogens with one attached hydrogen (secondary N) is 2. The highest BCUT2D eigenvalue weighted by atomic mass is 127. The molecule has 2 N–H and O–H groups in total. The van der Waals surface area contributed by atoms with Gasteiger partial charge in [-0.2, -0.15) is 0 Å². The molecular weight excluding hydrogens is 379 g/mol. The first-order valence-corrected chi connectivity index (χ1v) is 7.57. The Kier molecular flexibility index (Phi) is 7.84. The summed E-state index contributed by atoms with van der Waals surface area (Å²) in [4.78, 5) is 34.7. The van der Waals surface area contributed by atoms with Gasteiger partial charge in [0.25, 0.3) is 0 Å². The molecule has 2 amide bonds. The molecule has 0 heterocycles. The largest absolute Gasteiger partial charge is 0.467 e. The smallest absolute Gasteiger partial charge is 0.408 e. The van der Waals surface area contributed by atoms with Gasteiger partial charge in [0.2, 0.25) is 5.91 Å². The molecule has 0 aliphatic heterocycles. The highest BCUT2D eigenvalue weighted by molar-refractivity contribution is 14.1. The van der Waals surface area contributed by atoms with E-state index in [9.17, 15) is 14.4 Å². The number of amides is 2. The van der Waals surface area contributed by atoms with E-state index in [0.29, 0.717) is 4.43 Å². The zero-order chi connectivity index (χ0) is 15.9. The molecule has 0 fully saturated rings. The first-order chi connectivity index (χ1) is 9.10. The molecule has 0 unspecified atom stereocenters. The van der Waals surface area contributed by atoms with Crippen molar-refractivity contribution >= 4 is 40.6 Å². The molecule has 116 valence electrons. The lowest BCUT2D eigenvalue weighted by molar-refractivity contribution is -0.144. The predicted molar refractivity (Wildman–Crippen MR) is 81.7 cm³/mol. The van der Waals surface area contributed by atoms with Crippen molar-refractivity contribution in [3.63, 3.8) is 0 Å². The molecule has 2 atom stereocenters. The standard InChI is InChI=1S/C12H21IN2O5/c1-7(10(17)19-5)14-9(16)8(6-13)15-11(18)20-12(2,3)4/h7-8H,6H2,1-5H3,(H,14,16)(H,15,18)/t7-,8-/m0/s1. The SMILES string of the molecule is COC(=O)[C@H](C)NC(=O)[C@H](CI)NC(=O)OC(C)(C)C. The van der Waals surface area contributed by atoms with E-state index in [0.717, 1.165) is 0 Å². The van der Waals surface area contributed by atoms with Crippen LogP contribution in [0.15, 0.2) is 0 Å². The lowest BCUT2D eigenvalue weighted by atomic mass is 10.2. The number of hydrogen-bond acceptors (Lipinski definition) is 5. The molecule has 0 aliphatic rings. The summed E-state index contributed by atoms with van der Waals surface area (Å²) in [5.41, 5.74) is -0.643. The van der Waals surface area contributed by atoms with Gasteiger partial charge in [0.05, 0.1) is 7.11 Å². The van der Waals surface area contributed by atoms with Gasteiger partial charge in [0.1, 0.15) is 17.7 Å². The Hall–Kier alpha value is -1.06. The minimum absolute atomic E-state index is 0.344. The molecule has 20 heavy (non-hydrogen) atoms. The quantitative estimate of drug-likeness (QED) is 0.408. The number of esters is 1. The highest BCUT2D eigenvalue weighted by Gasteiger charge is 2.26. The number of rotatable bonds is 5. The number of halogens is 1. The molecule has 0 spiro atoms. The maximum atomic E-state index is 11.9. The van der Waals surface area contributed by atoms with E-state index in [1.165, 1.54) is 14.0 Å². The third-order valence-electron chi connectivity index (χ3n) is 2.08. The summed E-state index contributed by atoms with van der Waals surface area (Å²) in [5.74, 6) is -1.02. The molecule has 0 aromatic carbocycles. The Bertz CT molecular complexity index is 367. The Morgan fingerprint density at radius 1 is 1.20 bits per heavy atom. The fourth-order valence-corrected chi connectivity index (χ4v) is 1.79. The second-order valence-corrected chi connectivity index (χ2v) is 5.99. The fraction of sp³-hybridized carbons (Fsp3) is 0.750. The molecule has 0 aromatic heterocycles. The predicted octanol–water partition coefficient (Wildman–Crippen LogP) is 0.992. The Labute approximate surface area is 132 Å². The zero-order valence-corrected chi connectivity index (χ0v) is 14.4. The van der Waals surface area contributed by atoms with E-state index >= 15 is 0 Å². The van der Waals surface area contributed by atoms with Crippen molar-refractivity contribution in [2.45, 2.75) is 45.4 Å². The molecule has 0 saturated carbocycles. The van der Waals surface area contributed by atoms with Crippen LogP contribution in [0.4, 0.5) is 4.79 Å². The molecule has 0 radical (unpaired) electrons. The van der Waals surface area contributed by atoms with E-state index in [2.05, 4.69) is 15.4 Å². The van der Waals surface area contributed by atoms with Crippen LogP contribution in [0.25, 0.3) is 0 Å². The van der Waals surface area contributed by atoms with Gasteiger partial charge in [0.15, 0.2) is 0 Å². The number of ether oxygens (including phenoxy) is 2. The summed E-state index contributed by atoms with van der Waals surface area (Å²) in [6.45, 7) is 6.68. The molecule has 0 aromatic rings. The fourth-order valence-electron chi connectivity index (χ4n) is 1.17. The van der Waals surface area contributed by atoms with Crippen molar-refractivity contribution in [1.82, 2.24) is 10.6 Å². The lowest BCUT2D eigenvalue weighted by Crippen LogP contribution is -2.52. The van der Waals surface area contributed by atoms with Crippen LogP contribution in [0.3, 0.4) is 0 Å². The van der Waals surface area contributed by atoms with Crippen LogP contribution in [-0.2, 0) is 19.1 Å². The van der Waals surface area contributed by atoms with Crippen molar-refractivity contribution in [2.75, 3.05) is 11.5 Å². The Morgan fingerprint density at radius 2 is 1.75 bits per heavy atom. The summed E-state index contributed by atoms with van der Waals surface area (Å²) in [7, 11) is 1.24. The van der Waals surface area contributed by atoms with Gasteiger partial charge in [-0.15, -0.1) is 0 Å². The minimum Gasteiger partial charge on any atom is -0.467 e. The topological polar surface area (TPSA) is 93.7 Å². The van der Waals surface area contributed by atoms with Crippen LogP contribution in [0, 0.1) is 0 Å². The molecular formula is C12H21IN2O5. The maximum Gasteiger partial charge on any atom is 0.408 e. The molecule has 0 rings (SSSR count). The second-order valence-electron chi connectivity index (χ2n) is 5.11. The van der Waals surface area contributed by atoms with E-state index < -0.39 is 35.7 Å². The normalized spacial score (nSPS) is 13.9. The average molecular weight is 400 g/mol. The minimum atomic E-state index is -0.780. The molecule has 0 saturated heterocycles. The first kappa shape index (κ1) is 18.9. The molecule has 8 heteroatoms. The number of hydrogen-bond donors (Lipinski definition) is 2. The third kappa shape index (κ3) is 7.51. The second kappa shape index (κ2) is 8.28. The summed E-state index contributed by atoms with van der Waals surface area (Å²) >= 11 is 1.96. The molecule has 0 aliphatic carbocycles. The van der Waals surface area contributed by atoms with Gasteiger partial charge < -0.3 is 20.1 Å². The molecule has 7 nitrogen and oxygen atoms in total. The summed E-state index contributed by atoms with van der Waals surface area (Å²) in [5, 5.41) is 4.91. The highest BCUT2D eigenvalue weighted by Crippen LogP contribution is 2.07.